The van der Waals surface area contributed by atoms with Crippen molar-refractivity contribution in [2.75, 3.05) is 13.1 Å². The number of nitrogens with one attached hydrogen (secondary N) is 1. The van der Waals surface area contributed by atoms with E-state index in [-0.39, 0.29) is 5.82 Å². The molecular formula is C13H14FN3OS. The van der Waals surface area contributed by atoms with E-state index < -0.39 is 0 Å². The van der Waals surface area contributed by atoms with E-state index in [2.05, 4.69) is 15.5 Å². The smallest absolute Gasteiger partial charge is 0.231 e. The molecule has 1 atom stereocenters. The lowest BCUT2D eigenvalue weighted by molar-refractivity contribution is 0.355. The SMILES string of the molecule is Fc1ccccc1SCc1noc(C2CCNC2)n1. The molecule has 2 aromatic rings. The molecule has 6 heteroatoms. The lowest BCUT2D eigenvalue weighted by atomic mass is 10.1. The van der Waals surface area contributed by atoms with Crippen molar-refractivity contribution in [1.29, 1.82) is 0 Å². The van der Waals surface area contributed by atoms with Gasteiger partial charge in [-0.15, -0.1) is 11.8 Å². The molecule has 1 fully saturated rings. The summed E-state index contributed by atoms with van der Waals surface area (Å²) in [7, 11) is 0. The van der Waals surface area contributed by atoms with Crippen LogP contribution in [0.3, 0.4) is 0 Å². The molecule has 4 nitrogen and oxygen atoms in total. The molecule has 1 aliphatic rings. The lowest BCUT2D eigenvalue weighted by Gasteiger charge is -2.00. The van der Waals surface area contributed by atoms with Gasteiger partial charge in [0.2, 0.25) is 5.89 Å². The van der Waals surface area contributed by atoms with Gasteiger partial charge in [0.1, 0.15) is 5.82 Å². The van der Waals surface area contributed by atoms with Crippen molar-refractivity contribution in [1.82, 2.24) is 15.5 Å². The number of halogens is 1. The molecule has 1 saturated heterocycles. The Morgan fingerprint density at radius 1 is 1.42 bits per heavy atom. The van der Waals surface area contributed by atoms with Crippen molar-refractivity contribution < 1.29 is 8.91 Å². The van der Waals surface area contributed by atoms with Gasteiger partial charge >= 0.3 is 0 Å². The molecule has 1 aromatic heterocycles. The minimum absolute atomic E-state index is 0.212. The lowest BCUT2D eigenvalue weighted by Crippen LogP contribution is -2.08. The fourth-order valence-electron chi connectivity index (χ4n) is 2.06. The maximum absolute atomic E-state index is 13.4. The molecule has 0 radical (unpaired) electrons. The minimum atomic E-state index is -0.212. The molecule has 1 aromatic carbocycles. The fourth-order valence-corrected chi connectivity index (χ4v) is 2.84. The Morgan fingerprint density at radius 3 is 3.11 bits per heavy atom. The topological polar surface area (TPSA) is 51.0 Å². The van der Waals surface area contributed by atoms with Crippen LogP contribution in [-0.4, -0.2) is 23.2 Å². The number of hydrogen-bond acceptors (Lipinski definition) is 5. The molecule has 2 heterocycles. The summed E-state index contributed by atoms with van der Waals surface area (Å²) in [5, 5.41) is 7.21. The van der Waals surface area contributed by atoms with Crippen molar-refractivity contribution in [2.45, 2.75) is 23.0 Å². The largest absolute Gasteiger partial charge is 0.339 e. The third kappa shape index (κ3) is 2.96. The van der Waals surface area contributed by atoms with E-state index in [0.29, 0.717) is 28.3 Å². The van der Waals surface area contributed by atoms with Crippen LogP contribution in [0.2, 0.25) is 0 Å². The first kappa shape index (κ1) is 12.6. The van der Waals surface area contributed by atoms with Gasteiger partial charge in [0, 0.05) is 11.4 Å². The van der Waals surface area contributed by atoms with Crippen molar-refractivity contribution in [2.24, 2.45) is 0 Å². The third-order valence-electron chi connectivity index (χ3n) is 3.09. The third-order valence-corrected chi connectivity index (χ3v) is 4.13. The summed E-state index contributed by atoms with van der Waals surface area (Å²) in [6, 6.07) is 6.70. The van der Waals surface area contributed by atoms with Crippen LogP contribution in [0, 0.1) is 5.82 Å². The average Bonchev–Trinajstić information content (AvgIpc) is 3.09. The molecule has 0 amide bonds. The summed E-state index contributed by atoms with van der Waals surface area (Å²) < 4.78 is 18.7. The van der Waals surface area contributed by atoms with Gasteiger partial charge < -0.3 is 9.84 Å². The number of thioether (sulfide) groups is 1. The number of rotatable bonds is 4. The zero-order chi connectivity index (χ0) is 13.1. The second-order valence-corrected chi connectivity index (χ2v) is 5.47. The van der Waals surface area contributed by atoms with E-state index in [1.807, 2.05) is 6.07 Å². The highest BCUT2D eigenvalue weighted by atomic mass is 32.2. The Kier molecular flexibility index (Phi) is 3.79. The molecule has 0 bridgehead atoms. The Balaban J connectivity index is 1.63. The summed E-state index contributed by atoms with van der Waals surface area (Å²) in [5.74, 6) is 1.94. The summed E-state index contributed by atoms with van der Waals surface area (Å²) in [5.41, 5.74) is 0. The quantitative estimate of drug-likeness (QED) is 0.872. The Labute approximate surface area is 114 Å². The monoisotopic (exact) mass is 279 g/mol. The number of nitrogens with zero attached hydrogens (tertiary/aromatic N) is 2. The van der Waals surface area contributed by atoms with Crippen LogP contribution in [0.5, 0.6) is 0 Å². The standard InChI is InChI=1S/C13H14FN3OS/c14-10-3-1-2-4-11(10)19-8-12-16-13(18-17-12)9-5-6-15-7-9/h1-4,9,15H,5-8H2. The van der Waals surface area contributed by atoms with E-state index in [1.54, 1.807) is 12.1 Å². The fraction of sp³-hybridized carbons (Fsp3) is 0.385. The van der Waals surface area contributed by atoms with Crippen molar-refractivity contribution in [3.8, 4) is 0 Å². The van der Waals surface area contributed by atoms with Gasteiger partial charge in [-0.1, -0.05) is 17.3 Å². The Bertz CT molecular complexity index is 554. The van der Waals surface area contributed by atoms with E-state index in [1.165, 1.54) is 17.8 Å². The first-order valence-electron chi connectivity index (χ1n) is 6.23. The summed E-state index contributed by atoms with van der Waals surface area (Å²) >= 11 is 1.38. The molecule has 3 rings (SSSR count). The van der Waals surface area contributed by atoms with Crippen molar-refractivity contribution >= 4 is 11.8 Å². The normalized spacial score (nSPS) is 18.9. The molecule has 1 aliphatic heterocycles. The highest BCUT2D eigenvalue weighted by Gasteiger charge is 2.22. The van der Waals surface area contributed by atoms with Crippen LogP contribution in [0.15, 0.2) is 33.7 Å². The molecule has 1 N–H and O–H groups in total. The van der Waals surface area contributed by atoms with Gasteiger partial charge in [-0.2, -0.15) is 4.98 Å². The van der Waals surface area contributed by atoms with Gasteiger partial charge in [-0.3, -0.25) is 0 Å². The van der Waals surface area contributed by atoms with Gasteiger partial charge in [0.15, 0.2) is 5.82 Å². The number of aromatic nitrogens is 2. The molecule has 100 valence electrons. The van der Waals surface area contributed by atoms with Gasteiger partial charge in [0.05, 0.1) is 11.7 Å². The molecule has 0 saturated carbocycles. The van der Waals surface area contributed by atoms with Crippen LogP contribution in [0.1, 0.15) is 24.1 Å². The van der Waals surface area contributed by atoms with E-state index in [9.17, 15) is 4.39 Å². The van der Waals surface area contributed by atoms with Crippen LogP contribution in [-0.2, 0) is 5.75 Å². The highest BCUT2D eigenvalue weighted by molar-refractivity contribution is 7.98. The molecular weight excluding hydrogens is 265 g/mol. The summed E-state index contributed by atoms with van der Waals surface area (Å²) in [6.07, 6.45) is 1.03. The average molecular weight is 279 g/mol. The number of benzene rings is 1. The molecule has 19 heavy (non-hydrogen) atoms. The Morgan fingerprint density at radius 2 is 2.32 bits per heavy atom. The predicted molar refractivity (Wildman–Crippen MR) is 70.5 cm³/mol. The first-order valence-corrected chi connectivity index (χ1v) is 7.22. The van der Waals surface area contributed by atoms with E-state index in [0.717, 1.165) is 19.5 Å². The van der Waals surface area contributed by atoms with E-state index >= 15 is 0 Å². The van der Waals surface area contributed by atoms with E-state index in [4.69, 9.17) is 4.52 Å². The summed E-state index contributed by atoms with van der Waals surface area (Å²) in [6.45, 7) is 1.88. The van der Waals surface area contributed by atoms with Crippen LogP contribution in [0.4, 0.5) is 4.39 Å². The predicted octanol–water partition coefficient (Wildman–Crippen LogP) is 2.58. The maximum atomic E-state index is 13.4. The van der Waals surface area contributed by atoms with Crippen LogP contribution in [0.25, 0.3) is 0 Å². The number of hydrogen-bond donors (Lipinski definition) is 1. The first-order chi connectivity index (χ1) is 9.33. The zero-order valence-corrected chi connectivity index (χ0v) is 11.1. The van der Waals surface area contributed by atoms with Crippen LogP contribution < -0.4 is 5.32 Å². The molecule has 0 aliphatic carbocycles. The molecule has 0 spiro atoms. The minimum Gasteiger partial charge on any atom is -0.339 e. The van der Waals surface area contributed by atoms with Gasteiger partial charge in [-0.05, 0) is 25.1 Å². The van der Waals surface area contributed by atoms with Gasteiger partial charge in [0.25, 0.3) is 0 Å². The summed E-state index contributed by atoms with van der Waals surface area (Å²) in [4.78, 5) is 4.98. The van der Waals surface area contributed by atoms with Crippen LogP contribution >= 0.6 is 11.8 Å². The van der Waals surface area contributed by atoms with Crippen molar-refractivity contribution in [3.05, 3.63) is 41.8 Å². The highest BCUT2D eigenvalue weighted by Crippen LogP contribution is 2.26. The van der Waals surface area contributed by atoms with Gasteiger partial charge in [-0.25, -0.2) is 4.39 Å². The zero-order valence-electron chi connectivity index (χ0n) is 10.3. The second kappa shape index (κ2) is 5.71. The van der Waals surface area contributed by atoms with Crippen molar-refractivity contribution in [3.63, 3.8) is 0 Å². The molecule has 1 unspecified atom stereocenters. The maximum Gasteiger partial charge on any atom is 0.231 e. The second-order valence-electron chi connectivity index (χ2n) is 4.46. The Hall–Kier alpha value is -1.40.